The third-order valence-corrected chi connectivity index (χ3v) is 1.55. The molecule has 0 bridgehead atoms. The molecule has 10 heavy (non-hydrogen) atoms. The van der Waals surface area contributed by atoms with Crippen LogP contribution in [-0.2, 0) is 4.79 Å². The summed E-state index contributed by atoms with van der Waals surface area (Å²) < 4.78 is 0. The molecule has 0 spiro atoms. The summed E-state index contributed by atoms with van der Waals surface area (Å²) in [6.07, 6.45) is 0.510. The molecule has 0 saturated carbocycles. The van der Waals surface area contributed by atoms with Crippen molar-refractivity contribution in [1.29, 1.82) is 0 Å². The molecule has 1 rings (SSSR count). The zero-order chi connectivity index (χ0) is 7.40. The van der Waals surface area contributed by atoms with Crippen LogP contribution in [0, 0.1) is 0 Å². The van der Waals surface area contributed by atoms with Gasteiger partial charge in [-0.1, -0.05) is 0 Å². The molecule has 3 N–H and O–H groups in total. The molecule has 0 aromatic rings. The predicted octanol–water partition coefficient (Wildman–Crippen LogP) is -1.54. The molecule has 1 aliphatic heterocycles. The lowest BCUT2D eigenvalue weighted by atomic mass is 10.3. The first-order valence-corrected chi connectivity index (χ1v) is 3.44. The first-order chi connectivity index (χ1) is 4.83. The van der Waals surface area contributed by atoms with Crippen LogP contribution in [0.2, 0.25) is 0 Å². The Morgan fingerprint density at radius 1 is 1.70 bits per heavy atom. The minimum Gasteiger partial charge on any atom is -0.395 e. The van der Waals surface area contributed by atoms with Crippen LogP contribution in [-0.4, -0.2) is 36.8 Å². The van der Waals surface area contributed by atoms with E-state index in [-0.39, 0.29) is 18.6 Å². The Kier molecular flexibility index (Phi) is 2.65. The fourth-order valence-corrected chi connectivity index (χ4v) is 0.917. The first-order valence-electron chi connectivity index (χ1n) is 3.44. The molecule has 4 heteroatoms. The third kappa shape index (κ3) is 1.97. The van der Waals surface area contributed by atoms with Gasteiger partial charge < -0.3 is 15.7 Å². The number of aliphatic hydroxyl groups is 1. The van der Waals surface area contributed by atoms with Gasteiger partial charge in [0.25, 0.3) is 0 Å². The van der Waals surface area contributed by atoms with Crippen molar-refractivity contribution in [2.75, 3.05) is 19.7 Å². The fourth-order valence-electron chi connectivity index (χ4n) is 0.917. The highest BCUT2D eigenvalue weighted by molar-refractivity contribution is 5.76. The van der Waals surface area contributed by atoms with Crippen LogP contribution in [0.3, 0.4) is 0 Å². The van der Waals surface area contributed by atoms with Crippen molar-refractivity contribution < 1.29 is 9.90 Å². The molecule has 1 fully saturated rings. The Hall–Kier alpha value is -0.610. The van der Waals surface area contributed by atoms with Crippen LogP contribution >= 0.6 is 0 Å². The fraction of sp³-hybridized carbons (Fsp3) is 0.833. The van der Waals surface area contributed by atoms with E-state index in [1.807, 2.05) is 0 Å². The van der Waals surface area contributed by atoms with E-state index in [4.69, 9.17) is 5.11 Å². The quantitative estimate of drug-likeness (QED) is 0.418. The summed E-state index contributed by atoms with van der Waals surface area (Å²) in [5.41, 5.74) is 0. The van der Waals surface area contributed by atoms with Gasteiger partial charge in [-0.15, -0.1) is 0 Å². The molecule has 1 saturated heterocycles. The molecule has 0 aromatic carbocycles. The Labute approximate surface area is 59.6 Å². The summed E-state index contributed by atoms with van der Waals surface area (Å²) in [4.78, 5) is 10.7. The Balaban J connectivity index is 2.33. The molecular weight excluding hydrogens is 132 g/mol. The van der Waals surface area contributed by atoms with Gasteiger partial charge in [-0.25, -0.2) is 0 Å². The Morgan fingerprint density at radius 2 is 2.50 bits per heavy atom. The van der Waals surface area contributed by atoms with E-state index in [1.165, 1.54) is 0 Å². The van der Waals surface area contributed by atoms with Crippen molar-refractivity contribution in [2.45, 2.75) is 12.5 Å². The average Bonchev–Trinajstić information content (AvgIpc) is 2.14. The van der Waals surface area contributed by atoms with Gasteiger partial charge in [0.2, 0.25) is 5.91 Å². The summed E-state index contributed by atoms with van der Waals surface area (Å²) in [5.74, 6) is 0.0588. The smallest absolute Gasteiger partial charge is 0.221 e. The topological polar surface area (TPSA) is 61.4 Å². The molecule has 1 unspecified atom stereocenters. The molecule has 1 heterocycles. The summed E-state index contributed by atoms with van der Waals surface area (Å²) in [6.45, 7) is 1.28. The van der Waals surface area contributed by atoms with Gasteiger partial charge in [-0.2, -0.15) is 0 Å². The number of carbonyl (C=O) groups excluding carboxylic acids is 1. The monoisotopic (exact) mass is 144 g/mol. The normalized spacial score (nSPS) is 27.3. The van der Waals surface area contributed by atoms with Gasteiger partial charge in [-0.05, 0) is 0 Å². The van der Waals surface area contributed by atoms with Gasteiger partial charge in [0, 0.05) is 25.6 Å². The van der Waals surface area contributed by atoms with Crippen molar-refractivity contribution in [3.63, 3.8) is 0 Å². The maximum atomic E-state index is 10.7. The van der Waals surface area contributed by atoms with Gasteiger partial charge in [0.1, 0.15) is 0 Å². The molecule has 0 radical (unpaired) electrons. The maximum absolute atomic E-state index is 10.7. The number of nitrogens with one attached hydrogen (secondary N) is 2. The molecule has 58 valence electrons. The number of aliphatic hydroxyl groups excluding tert-OH is 1. The molecule has 0 aliphatic carbocycles. The van der Waals surface area contributed by atoms with E-state index < -0.39 is 0 Å². The van der Waals surface area contributed by atoms with Crippen molar-refractivity contribution >= 4 is 5.91 Å². The standard InChI is InChI=1S/C6H12N2O2/c9-4-5-3-8-6(10)1-2-7-5/h5,7,9H,1-4H2,(H,8,10). The molecule has 4 nitrogen and oxygen atoms in total. The highest BCUT2D eigenvalue weighted by atomic mass is 16.3. The lowest BCUT2D eigenvalue weighted by molar-refractivity contribution is -0.120. The highest BCUT2D eigenvalue weighted by Gasteiger charge is 2.12. The van der Waals surface area contributed by atoms with Crippen LogP contribution in [0.15, 0.2) is 0 Å². The van der Waals surface area contributed by atoms with Crippen LogP contribution in [0.4, 0.5) is 0 Å². The summed E-state index contributed by atoms with van der Waals surface area (Å²) in [5, 5.41) is 14.4. The average molecular weight is 144 g/mol. The minimum atomic E-state index is 0.0337. The van der Waals surface area contributed by atoms with Gasteiger partial charge in [-0.3, -0.25) is 4.79 Å². The predicted molar refractivity (Wildman–Crippen MR) is 36.5 cm³/mol. The van der Waals surface area contributed by atoms with Crippen molar-refractivity contribution in [2.24, 2.45) is 0 Å². The second-order valence-corrected chi connectivity index (χ2v) is 2.39. The lowest BCUT2D eigenvalue weighted by Crippen LogP contribution is -2.38. The molecule has 1 aliphatic rings. The molecule has 1 amide bonds. The van der Waals surface area contributed by atoms with Crippen molar-refractivity contribution in [1.82, 2.24) is 10.6 Å². The maximum Gasteiger partial charge on any atom is 0.221 e. The van der Waals surface area contributed by atoms with E-state index in [1.54, 1.807) is 0 Å². The number of carbonyl (C=O) groups is 1. The number of hydrogen-bond donors (Lipinski definition) is 3. The van der Waals surface area contributed by atoms with Gasteiger partial charge in [0.15, 0.2) is 0 Å². The number of hydrogen-bond acceptors (Lipinski definition) is 3. The van der Waals surface area contributed by atoms with Gasteiger partial charge in [0.05, 0.1) is 6.61 Å². The zero-order valence-electron chi connectivity index (χ0n) is 5.76. The van der Waals surface area contributed by atoms with Crippen molar-refractivity contribution in [3.8, 4) is 0 Å². The van der Waals surface area contributed by atoms with Crippen LogP contribution in [0.1, 0.15) is 6.42 Å². The van der Waals surface area contributed by atoms with E-state index >= 15 is 0 Å². The molecule has 1 atom stereocenters. The van der Waals surface area contributed by atoms with Crippen LogP contribution < -0.4 is 10.6 Å². The highest BCUT2D eigenvalue weighted by Crippen LogP contribution is 1.88. The number of amides is 1. The SMILES string of the molecule is O=C1CCNC(CO)CN1. The molecular formula is C6H12N2O2. The Morgan fingerprint density at radius 3 is 3.20 bits per heavy atom. The van der Waals surface area contributed by atoms with E-state index in [9.17, 15) is 4.79 Å². The summed E-state index contributed by atoms with van der Waals surface area (Å²) >= 11 is 0. The first kappa shape index (κ1) is 7.50. The van der Waals surface area contributed by atoms with Crippen LogP contribution in [0.25, 0.3) is 0 Å². The minimum absolute atomic E-state index is 0.0337. The second kappa shape index (κ2) is 3.53. The largest absolute Gasteiger partial charge is 0.395 e. The lowest BCUT2D eigenvalue weighted by Gasteiger charge is -2.10. The van der Waals surface area contributed by atoms with Crippen molar-refractivity contribution in [3.05, 3.63) is 0 Å². The van der Waals surface area contributed by atoms with E-state index in [0.717, 1.165) is 0 Å². The zero-order valence-corrected chi connectivity index (χ0v) is 5.76. The third-order valence-electron chi connectivity index (χ3n) is 1.55. The van der Waals surface area contributed by atoms with E-state index in [0.29, 0.717) is 19.5 Å². The van der Waals surface area contributed by atoms with Crippen LogP contribution in [0.5, 0.6) is 0 Å². The molecule has 0 aromatic heterocycles. The Bertz CT molecular complexity index is 127. The summed E-state index contributed by atoms with van der Waals surface area (Å²) in [7, 11) is 0. The summed E-state index contributed by atoms with van der Waals surface area (Å²) in [6, 6.07) is 0.0337. The van der Waals surface area contributed by atoms with Gasteiger partial charge >= 0.3 is 0 Å². The van der Waals surface area contributed by atoms with E-state index in [2.05, 4.69) is 10.6 Å². The second-order valence-electron chi connectivity index (χ2n) is 2.39. The number of rotatable bonds is 1.